The standard InChI is InChI=1S/C19H25N5O/c1-21-19(25)18-8-7-16(23(18)3)17-6-4-5-9-24(17)13-14-10-15(11-20)22(2)12-14/h7-8,10,12,17H,4-6,9,13H2,1-3H3,(H,21,25). The van der Waals surface area contributed by atoms with Crippen LogP contribution in [0, 0.1) is 11.3 Å². The highest BCUT2D eigenvalue weighted by Gasteiger charge is 2.27. The molecule has 0 aromatic carbocycles. The maximum absolute atomic E-state index is 12.0. The molecule has 2 aromatic heterocycles. The van der Waals surface area contributed by atoms with Gasteiger partial charge in [0, 0.05) is 39.6 Å². The third kappa shape index (κ3) is 3.33. The maximum atomic E-state index is 12.0. The van der Waals surface area contributed by atoms with Crippen molar-refractivity contribution in [2.75, 3.05) is 13.6 Å². The van der Waals surface area contributed by atoms with E-state index in [4.69, 9.17) is 5.26 Å². The molecule has 0 radical (unpaired) electrons. The van der Waals surface area contributed by atoms with Gasteiger partial charge in [0.05, 0.1) is 6.04 Å². The Morgan fingerprint density at radius 1 is 1.36 bits per heavy atom. The summed E-state index contributed by atoms with van der Waals surface area (Å²) in [5.74, 6) is -0.0576. The molecule has 0 spiro atoms. The van der Waals surface area contributed by atoms with Gasteiger partial charge in [-0.05, 0) is 43.1 Å². The zero-order chi connectivity index (χ0) is 18.0. The highest BCUT2D eigenvalue weighted by atomic mass is 16.1. The summed E-state index contributed by atoms with van der Waals surface area (Å²) < 4.78 is 3.88. The number of rotatable bonds is 4. The molecule has 1 aliphatic rings. The van der Waals surface area contributed by atoms with E-state index in [0.29, 0.717) is 17.4 Å². The van der Waals surface area contributed by atoms with E-state index in [-0.39, 0.29) is 5.91 Å². The van der Waals surface area contributed by atoms with Gasteiger partial charge in [0.1, 0.15) is 17.5 Å². The fourth-order valence-corrected chi connectivity index (χ4v) is 3.80. The van der Waals surface area contributed by atoms with Gasteiger partial charge in [-0.2, -0.15) is 5.26 Å². The monoisotopic (exact) mass is 339 g/mol. The van der Waals surface area contributed by atoms with E-state index in [1.54, 1.807) is 7.05 Å². The molecule has 6 heteroatoms. The fraction of sp³-hybridized carbons (Fsp3) is 0.474. The summed E-state index contributed by atoms with van der Waals surface area (Å²) in [5, 5.41) is 11.9. The number of hydrogen-bond donors (Lipinski definition) is 1. The van der Waals surface area contributed by atoms with Crippen LogP contribution >= 0.6 is 0 Å². The maximum Gasteiger partial charge on any atom is 0.267 e. The smallest absolute Gasteiger partial charge is 0.267 e. The minimum Gasteiger partial charge on any atom is -0.354 e. The Bertz CT molecular complexity index is 810. The average molecular weight is 339 g/mol. The first-order chi connectivity index (χ1) is 12.0. The van der Waals surface area contributed by atoms with Crippen molar-refractivity contribution in [3.05, 3.63) is 47.0 Å². The lowest BCUT2D eigenvalue weighted by Crippen LogP contribution is -2.34. The van der Waals surface area contributed by atoms with Crippen LogP contribution in [0.3, 0.4) is 0 Å². The van der Waals surface area contributed by atoms with E-state index in [1.807, 2.05) is 41.6 Å². The molecule has 1 N–H and O–H groups in total. The van der Waals surface area contributed by atoms with Crippen molar-refractivity contribution in [3.8, 4) is 6.07 Å². The second-order valence-corrected chi connectivity index (χ2v) is 6.72. The normalized spacial score (nSPS) is 18.1. The van der Waals surface area contributed by atoms with E-state index < -0.39 is 0 Å². The minimum atomic E-state index is -0.0576. The Morgan fingerprint density at radius 2 is 2.16 bits per heavy atom. The molecule has 0 bridgehead atoms. The Labute approximate surface area is 148 Å². The molecule has 132 valence electrons. The second kappa shape index (κ2) is 7.16. The summed E-state index contributed by atoms with van der Waals surface area (Å²) >= 11 is 0. The summed E-state index contributed by atoms with van der Waals surface area (Å²) in [6.07, 6.45) is 5.50. The summed E-state index contributed by atoms with van der Waals surface area (Å²) in [6.45, 7) is 1.85. The van der Waals surface area contributed by atoms with Crippen LogP contribution in [0.4, 0.5) is 0 Å². The number of aromatic nitrogens is 2. The number of hydrogen-bond acceptors (Lipinski definition) is 3. The lowest BCUT2D eigenvalue weighted by molar-refractivity contribution is 0.0952. The SMILES string of the molecule is CNC(=O)c1ccc(C2CCCCN2Cc2cc(C#N)n(C)c2)n1C. The molecular weight excluding hydrogens is 314 g/mol. The van der Waals surface area contributed by atoms with Crippen LogP contribution in [0.15, 0.2) is 24.4 Å². The number of nitrogens with one attached hydrogen (secondary N) is 1. The van der Waals surface area contributed by atoms with E-state index in [9.17, 15) is 4.79 Å². The van der Waals surface area contributed by atoms with Gasteiger partial charge in [-0.1, -0.05) is 6.42 Å². The molecule has 0 saturated carbocycles. The first-order valence-electron chi connectivity index (χ1n) is 8.72. The second-order valence-electron chi connectivity index (χ2n) is 6.72. The molecule has 1 fully saturated rings. The lowest BCUT2D eigenvalue weighted by atomic mass is 9.98. The molecule has 1 amide bonds. The molecule has 25 heavy (non-hydrogen) atoms. The number of likely N-dealkylation sites (tertiary alicyclic amines) is 1. The summed E-state index contributed by atoms with van der Waals surface area (Å²) in [4.78, 5) is 14.5. The number of amides is 1. The van der Waals surface area contributed by atoms with Crippen LogP contribution in [-0.4, -0.2) is 33.5 Å². The van der Waals surface area contributed by atoms with Gasteiger partial charge in [-0.3, -0.25) is 9.69 Å². The number of carbonyl (C=O) groups is 1. The van der Waals surface area contributed by atoms with Gasteiger partial charge in [0.2, 0.25) is 0 Å². The largest absolute Gasteiger partial charge is 0.354 e. The third-order valence-corrected chi connectivity index (χ3v) is 5.14. The van der Waals surface area contributed by atoms with Crippen LogP contribution < -0.4 is 5.32 Å². The highest BCUT2D eigenvalue weighted by Crippen LogP contribution is 2.33. The molecule has 1 saturated heterocycles. The topological polar surface area (TPSA) is 66.0 Å². The van der Waals surface area contributed by atoms with Gasteiger partial charge >= 0.3 is 0 Å². The first-order valence-corrected chi connectivity index (χ1v) is 8.72. The van der Waals surface area contributed by atoms with Gasteiger partial charge in [-0.25, -0.2) is 0 Å². The predicted octanol–water partition coefficient (Wildman–Crippen LogP) is 2.32. The molecule has 1 unspecified atom stereocenters. The van der Waals surface area contributed by atoms with Crippen LogP contribution in [-0.2, 0) is 20.6 Å². The van der Waals surface area contributed by atoms with Crippen molar-refractivity contribution in [2.45, 2.75) is 31.8 Å². The van der Waals surface area contributed by atoms with Gasteiger partial charge in [-0.15, -0.1) is 0 Å². The van der Waals surface area contributed by atoms with Crippen molar-refractivity contribution < 1.29 is 4.79 Å². The molecular formula is C19H25N5O. The fourth-order valence-electron chi connectivity index (χ4n) is 3.80. The van der Waals surface area contributed by atoms with Crippen molar-refractivity contribution in [1.82, 2.24) is 19.4 Å². The quantitative estimate of drug-likeness (QED) is 0.930. The molecule has 3 rings (SSSR count). The van der Waals surface area contributed by atoms with E-state index in [2.05, 4.69) is 22.4 Å². The van der Waals surface area contributed by atoms with Crippen molar-refractivity contribution >= 4 is 5.91 Å². The summed E-state index contributed by atoms with van der Waals surface area (Å²) in [5.41, 5.74) is 3.71. The van der Waals surface area contributed by atoms with Crippen LogP contribution in [0.25, 0.3) is 0 Å². The van der Waals surface area contributed by atoms with E-state index in [1.165, 1.54) is 18.5 Å². The molecule has 3 heterocycles. The Morgan fingerprint density at radius 3 is 2.84 bits per heavy atom. The van der Waals surface area contributed by atoms with Gasteiger partial charge < -0.3 is 14.5 Å². The van der Waals surface area contributed by atoms with Crippen LogP contribution in [0.1, 0.15) is 52.7 Å². The number of aryl methyl sites for hydroxylation is 1. The first kappa shape index (κ1) is 17.3. The molecule has 2 aromatic rings. The summed E-state index contributed by atoms with van der Waals surface area (Å²) in [7, 11) is 5.52. The van der Waals surface area contributed by atoms with Gasteiger partial charge in [0.15, 0.2) is 0 Å². The lowest BCUT2D eigenvalue weighted by Gasteiger charge is -2.36. The summed E-state index contributed by atoms with van der Waals surface area (Å²) in [6, 6.07) is 8.45. The van der Waals surface area contributed by atoms with Crippen molar-refractivity contribution in [2.24, 2.45) is 14.1 Å². The highest BCUT2D eigenvalue weighted by molar-refractivity contribution is 5.92. The predicted molar refractivity (Wildman–Crippen MR) is 95.9 cm³/mol. The van der Waals surface area contributed by atoms with Crippen molar-refractivity contribution in [3.63, 3.8) is 0 Å². The zero-order valence-corrected chi connectivity index (χ0v) is 15.1. The number of carbonyl (C=O) groups excluding carboxylic acids is 1. The molecule has 0 aliphatic carbocycles. The minimum absolute atomic E-state index is 0.0576. The van der Waals surface area contributed by atoms with Crippen LogP contribution in [0.2, 0.25) is 0 Å². The zero-order valence-electron chi connectivity index (χ0n) is 15.1. The molecule has 1 aliphatic heterocycles. The van der Waals surface area contributed by atoms with Crippen molar-refractivity contribution in [1.29, 1.82) is 5.26 Å². The van der Waals surface area contributed by atoms with Gasteiger partial charge in [0.25, 0.3) is 5.91 Å². The number of nitrogens with zero attached hydrogens (tertiary/aromatic N) is 4. The average Bonchev–Trinajstić information content (AvgIpc) is 3.17. The Hall–Kier alpha value is -2.52. The Balaban J connectivity index is 1.85. The Kier molecular flexibility index (Phi) is 4.95. The molecule has 1 atom stereocenters. The van der Waals surface area contributed by atoms with E-state index >= 15 is 0 Å². The van der Waals surface area contributed by atoms with E-state index in [0.717, 1.165) is 25.1 Å². The number of piperidine rings is 1. The number of nitriles is 1. The van der Waals surface area contributed by atoms with Crippen LogP contribution in [0.5, 0.6) is 0 Å². The third-order valence-electron chi connectivity index (χ3n) is 5.14. The molecule has 6 nitrogen and oxygen atoms in total.